The number of amides is 3. The number of nitrogens with zero attached hydrogens (tertiary/aromatic N) is 2. The molecular weight excluding hydrogens is 314 g/mol. The predicted molar refractivity (Wildman–Crippen MR) is 101 cm³/mol. The fourth-order valence-corrected chi connectivity index (χ4v) is 3.65. The zero-order valence-electron chi connectivity index (χ0n) is 16.1. The third-order valence-corrected chi connectivity index (χ3v) is 4.80. The van der Waals surface area contributed by atoms with Crippen molar-refractivity contribution in [2.45, 2.75) is 46.6 Å². The molecule has 3 amide bonds. The first-order valence-electron chi connectivity index (χ1n) is 9.09. The van der Waals surface area contributed by atoms with Crippen LogP contribution in [0.2, 0.25) is 0 Å². The first kappa shape index (κ1) is 19.3. The van der Waals surface area contributed by atoms with Gasteiger partial charge >= 0.3 is 6.03 Å². The Balaban J connectivity index is 1.81. The lowest BCUT2D eigenvalue weighted by Gasteiger charge is -2.24. The van der Waals surface area contributed by atoms with Crippen molar-refractivity contribution >= 4 is 11.9 Å². The maximum Gasteiger partial charge on any atom is 0.317 e. The average Bonchev–Trinajstić information content (AvgIpc) is 2.94. The van der Waals surface area contributed by atoms with Gasteiger partial charge in [0.05, 0.1) is 0 Å². The second-order valence-corrected chi connectivity index (χ2v) is 7.55. The number of aryl methyl sites for hydroxylation is 2. The standard InChI is InChI=1S/C20H31N3O2/c1-14-8-15(2)10-19(9-14)11-16(3)21-20(25)22(5)12-18-6-7-23(13-18)17(4)24/h8-10,16,18H,6-7,11-13H2,1-5H3,(H,21,25)/t16-,18-/m1/s1. The maximum absolute atomic E-state index is 12.4. The zero-order valence-corrected chi connectivity index (χ0v) is 16.1. The maximum atomic E-state index is 12.4. The first-order chi connectivity index (χ1) is 11.7. The van der Waals surface area contributed by atoms with Crippen molar-refractivity contribution in [2.24, 2.45) is 5.92 Å². The SMILES string of the molecule is CC(=O)N1CC[C@H](CN(C)C(=O)N[C@H](C)Cc2cc(C)cc(C)c2)C1. The summed E-state index contributed by atoms with van der Waals surface area (Å²) in [5.74, 6) is 0.492. The monoisotopic (exact) mass is 345 g/mol. The van der Waals surface area contributed by atoms with Crippen LogP contribution in [0.25, 0.3) is 0 Å². The van der Waals surface area contributed by atoms with E-state index in [1.54, 1.807) is 11.8 Å². The van der Waals surface area contributed by atoms with E-state index >= 15 is 0 Å². The molecule has 25 heavy (non-hydrogen) atoms. The van der Waals surface area contributed by atoms with E-state index in [4.69, 9.17) is 0 Å². The minimum absolute atomic E-state index is 0.0434. The molecule has 0 spiro atoms. The number of urea groups is 1. The summed E-state index contributed by atoms with van der Waals surface area (Å²) in [4.78, 5) is 27.4. The van der Waals surface area contributed by atoms with Gasteiger partial charge in [-0.1, -0.05) is 29.3 Å². The Hall–Kier alpha value is -2.04. The van der Waals surface area contributed by atoms with Gasteiger partial charge in [0.25, 0.3) is 0 Å². The quantitative estimate of drug-likeness (QED) is 0.892. The van der Waals surface area contributed by atoms with Crippen LogP contribution in [-0.2, 0) is 11.2 Å². The highest BCUT2D eigenvalue weighted by Crippen LogP contribution is 2.17. The minimum Gasteiger partial charge on any atom is -0.343 e. The van der Waals surface area contributed by atoms with Crippen LogP contribution in [0.5, 0.6) is 0 Å². The van der Waals surface area contributed by atoms with E-state index in [-0.39, 0.29) is 18.0 Å². The van der Waals surface area contributed by atoms with Crippen molar-refractivity contribution in [3.8, 4) is 0 Å². The number of hydrogen-bond acceptors (Lipinski definition) is 2. The van der Waals surface area contributed by atoms with E-state index in [9.17, 15) is 9.59 Å². The van der Waals surface area contributed by atoms with Crippen LogP contribution in [0.1, 0.15) is 37.0 Å². The molecule has 1 aliphatic heterocycles. The molecule has 0 radical (unpaired) electrons. The highest BCUT2D eigenvalue weighted by molar-refractivity contribution is 5.74. The van der Waals surface area contributed by atoms with Crippen molar-refractivity contribution in [3.05, 3.63) is 34.9 Å². The Kier molecular flexibility index (Phi) is 6.45. The molecule has 0 aromatic heterocycles. The Labute approximate surface area is 151 Å². The van der Waals surface area contributed by atoms with Gasteiger partial charge in [-0.15, -0.1) is 0 Å². The van der Waals surface area contributed by atoms with Gasteiger partial charge < -0.3 is 15.1 Å². The lowest BCUT2D eigenvalue weighted by molar-refractivity contribution is -0.127. The smallest absolute Gasteiger partial charge is 0.317 e. The van der Waals surface area contributed by atoms with Crippen LogP contribution in [0, 0.1) is 19.8 Å². The van der Waals surface area contributed by atoms with Gasteiger partial charge in [0.2, 0.25) is 5.91 Å². The summed E-state index contributed by atoms with van der Waals surface area (Å²) in [6, 6.07) is 6.54. The van der Waals surface area contributed by atoms with E-state index in [0.717, 1.165) is 25.9 Å². The molecule has 1 aliphatic rings. The number of carbonyl (C=O) groups excluding carboxylic acids is 2. The number of hydrogen-bond donors (Lipinski definition) is 1. The van der Waals surface area contributed by atoms with Gasteiger partial charge in [-0.3, -0.25) is 4.79 Å². The molecule has 0 bridgehead atoms. The lowest BCUT2D eigenvalue weighted by atomic mass is 10.0. The van der Waals surface area contributed by atoms with Gasteiger partial charge in [-0.05, 0) is 45.1 Å². The Morgan fingerprint density at radius 3 is 2.48 bits per heavy atom. The summed E-state index contributed by atoms with van der Waals surface area (Å²) in [7, 11) is 1.83. The summed E-state index contributed by atoms with van der Waals surface area (Å²) < 4.78 is 0. The molecular formula is C20H31N3O2. The molecule has 138 valence electrons. The fraction of sp³-hybridized carbons (Fsp3) is 0.600. The van der Waals surface area contributed by atoms with E-state index < -0.39 is 0 Å². The molecule has 1 aromatic carbocycles. The molecule has 1 saturated heterocycles. The zero-order chi connectivity index (χ0) is 18.6. The summed E-state index contributed by atoms with van der Waals surface area (Å²) in [5, 5.41) is 3.08. The Bertz CT molecular complexity index is 609. The fourth-order valence-electron chi connectivity index (χ4n) is 3.65. The Morgan fingerprint density at radius 2 is 1.92 bits per heavy atom. The topological polar surface area (TPSA) is 52.7 Å². The summed E-state index contributed by atoms with van der Waals surface area (Å²) in [6.45, 7) is 10.1. The molecule has 0 unspecified atom stereocenters. The molecule has 0 aliphatic carbocycles. The minimum atomic E-state index is -0.0434. The Morgan fingerprint density at radius 1 is 1.28 bits per heavy atom. The van der Waals surface area contributed by atoms with Gasteiger partial charge in [-0.2, -0.15) is 0 Å². The van der Waals surface area contributed by atoms with Crippen LogP contribution in [0.4, 0.5) is 4.79 Å². The molecule has 2 rings (SSSR count). The van der Waals surface area contributed by atoms with E-state index in [0.29, 0.717) is 12.5 Å². The van der Waals surface area contributed by atoms with Crippen molar-refractivity contribution in [1.29, 1.82) is 0 Å². The van der Waals surface area contributed by atoms with Crippen LogP contribution in [0.15, 0.2) is 18.2 Å². The molecule has 5 heteroatoms. The van der Waals surface area contributed by atoms with E-state index in [1.165, 1.54) is 16.7 Å². The highest BCUT2D eigenvalue weighted by atomic mass is 16.2. The lowest BCUT2D eigenvalue weighted by Crippen LogP contribution is -2.44. The second kappa shape index (κ2) is 8.37. The van der Waals surface area contributed by atoms with Gasteiger partial charge in [0.1, 0.15) is 0 Å². The third kappa shape index (κ3) is 5.76. The average molecular weight is 345 g/mol. The predicted octanol–water partition coefficient (Wildman–Crippen LogP) is 2.74. The number of nitrogens with one attached hydrogen (secondary N) is 1. The van der Waals surface area contributed by atoms with Gasteiger partial charge in [0, 0.05) is 39.6 Å². The molecule has 0 saturated carbocycles. The molecule has 2 atom stereocenters. The molecule has 1 N–H and O–H groups in total. The van der Waals surface area contributed by atoms with E-state index in [1.807, 2.05) is 18.9 Å². The molecule has 1 heterocycles. The number of likely N-dealkylation sites (tertiary alicyclic amines) is 1. The summed E-state index contributed by atoms with van der Waals surface area (Å²) >= 11 is 0. The normalized spacial score (nSPS) is 18.1. The molecule has 1 fully saturated rings. The summed E-state index contributed by atoms with van der Waals surface area (Å²) in [5.41, 5.74) is 3.75. The van der Waals surface area contributed by atoms with Crippen LogP contribution in [0.3, 0.4) is 0 Å². The van der Waals surface area contributed by atoms with Crippen LogP contribution >= 0.6 is 0 Å². The number of carbonyl (C=O) groups is 2. The summed E-state index contributed by atoms with van der Waals surface area (Å²) in [6.07, 6.45) is 1.79. The van der Waals surface area contributed by atoms with Crippen molar-refractivity contribution in [3.63, 3.8) is 0 Å². The first-order valence-corrected chi connectivity index (χ1v) is 9.09. The van der Waals surface area contributed by atoms with Crippen LogP contribution in [-0.4, -0.2) is 54.5 Å². The molecule has 5 nitrogen and oxygen atoms in total. The van der Waals surface area contributed by atoms with E-state index in [2.05, 4.69) is 37.4 Å². The van der Waals surface area contributed by atoms with Crippen molar-refractivity contribution in [1.82, 2.24) is 15.1 Å². The van der Waals surface area contributed by atoms with Crippen molar-refractivity contribution in [2.75, 3.05) is 26.7 Å². The van der Waals surface area contributed by atoms with Gasteiger partial charge in [0.15, 0.2) is 0 Å². The van der Waals surface area contributed by atoms with Crippen LogP contribution < -0.4 is 5.32 Å². The number of benzene rings is 1. The van der Waals surface area contributed by atoms with Gasteiger partial charge in [-0.25, -0.2) is 4.79 Å². The van der Waals surface area contributed by atoms with Crippen molar-refractivity contribution < 1.29 is 9.59 Å². The molecule has 1 aromatic rings. The number of rotatable bonds is 5. The third-order valence-electron chi connectivity index (χ3n) is 4.80. The highest BCUT2D eigenvalue weighted by Gasteiger charge is 2.26. The largest absolute Gasteiger partial charge is 0.343 e. The second-order valence-electron chi connectivity index (χ2n) is 7.55.